The molecule has 1 aromatic carbocycles. The van der Waals surface area contributed by atoms with Gasteiger partial charge in [-0.2, -0.15) is 0 Å². The first kappa shape index (κ1) is 13.5. The highest BCUT2D eigenvalue weighted by Crippen LogP contribution is 2.34. The molecule has 1 aliphatic heterocycles. The zero-order chi connectivity index (χ0) is 13.8. The van der Waals surface area contributed by atoms with E-state index in [1.165, 1.54) is 10.4 Å². The van der Waals surface area contributed by atoms with Crippen molar-refractivity contribution >= 4 is 11.3 Å². The molecule has 1 N–H and O–H groups in total. The second kappa shape index (κ2) is 6.29. The Hall–Kier alpha value is -1.52. The SMILES string of the molecule is COc1ccc2c(c1)C(NCCc1cccs1)CCO2. The molecule has 0 amide bonds. The highest BCUT2D eigenvalue weighted by atomic mass is 32.1. The molecule has 0 saturated heterocycles. The highest BCUT2D eigenvalue weighted by Gasteiger charge is 2.21. The standard InChI is InChI=1S/C16H19NO2S/c1-18-12-4-5-16-14(11-12)15(7-9-19-16)17-8-6-13-3-2-10-20-13/h2-5,10-11,15,17H,6-9H2,1H3. The number of rotatable bonds is 5. The molecule has 0 saturated carbocycles. The van der Waals surface area contributed by atoms with Gasteiger partial charge in [-0.15, -0.1) is 11.3 Å². The summed E-state index contributed by atoms with van der Waals surface area (Å²) in [5.74, 6) is 1.87. The first-order valence-electron chi connectivity index (χ1n) is 6.93. The van der Waals surface area contributed by atoms with E-state index in [9.17, 15) is 0 Å². The molecule has 1 unspecified atom stereocenters. The minimum atomic E-state index is 0.355. The van der Waals surface area contributed by atoms with E-state index in [0.717, 1.165) is 37.5 Å². The summed E-state index contributed by atoms with van der Waals surface area (Å²) < 4.78 is 11.0. The number of benzene rings is 1. The molecule has 0 spiro atoms. The summed E-state index contributed by atoms with van der Waals surface area (Å²) in [6, 6.07) is 10.7. The van der Waals surface area contributed by atoms with Gasteiger partial charge in [0.25, 0.3) is 0 Å². The Morgan fingerprint density at radius 1 is 1.40 bits per heavy atom. The van der Waals surface area contributed by atoms with Crippen molar-refractivity contribution in [3.8, 4) is 11.5 Å². The van der Waals surface area contributed by atoms with Crippen molar-refractivity contribution in [1.82, 2.24) is 5.32 Å². The van der Waals surface area contributed by atoms with Crippen LogP contribution in [0.1, 0.15) is 22.9 Å². The van der Waals surface area contributed by atoms with Crippen LogP contribution in [0.15, 0.2) is 35.7 Å². The largest absolute Gasteiger partial charge is 0.497 e. The van der Waals surface area contributed by atoms with Crippen LogP contribution in [-0.4, -0.2) is 20.3 Å². The zero-order valence-electron chi connectivity index (χ0n) is 11.6. The predicted molar refractivity (Wildman–Crippen MR) is 81.9 cm³/mol. The van der Waals surface area contributed by atoms with Crippen molar-refractivity contribution in [2.24, 2.45) is 0 Å². The Kier molecular flexibility index (Phi) is 4.23. The fourth-order valence-corrected chi connectivity index (χ4v) is 3.24. The summed E-state index contributed by atoms with van der Waals surface area (Å²) in [7, 11) is 1.70. The van der Waals surface area contributed by atoms with E-state index in [-0.39, 0.29) is 0 Å². The molecule has 20 heavy (non-hydrogen) atoms. The topological polar surface area (TPSA) is 30.5 Å². The first-order valence-corrected chi connectivity index (χ1v) is 7.81. The van der Waals surface area contributed by atoms with Gasteiger partial charge in [0.2, 0.25) is 0 Å². The normalized spacial score (nSPS) is 17.4. The Labute approximate surface area is 123 Å². The van der Waals surface area contributed by atoms with Gasteiger partial charge in [0.05, 0.1) is 13.7 Å². The average molecular weight is 289 g/mol. The molecule has 2 heterocycles. The van der Waals surface area contributed by atoms with Crippen molar-refractivity contribution in [2.45, 2.75) is 18.9 Å². The lowest BCUT2D eigenvalue weighted by Crippen LogP contribution is -2.28. The predicted octanol–water partition coefficient (Wildman–Crippen LogP) is 3.41. The Balaban J connectivity index is 1.66. The lowest BCUT2D eigenvalue weighted by molar-refractivity contribution is 0.252. The van der Waals surface area contributed by atoms with Crippen molar-refractivity contribution in [3.63, 3.8) is 0 Å². The van der Waals surface area contributed by atoms with Crippen LogP contribution >= 0.6 is 11.3 Å². The number of hydrogen-bond donors (Lipinski definition) is 1. The molecular weight excluding hydrogens is 270 g/mol. The maximum Gasteiger partial charge on any atom is 0.124 e. The van der Waals surface area contributed by atoms with Crippen molar-refractivity contribution in [3.05, 3.63) is 46.2 Å². The minimum Gasteiger partial charge on any atom is -0.497 e. The third-order valence-corrected chi connectivity index (χ3v) is 4.53. The number of methoxy groups -OCH3 is 1. The average Bonchev–Trinajstić information content (AvgIpc) is 3.00. The molecule has 0 radical (unpaired) electrons. The van der Waals surface area contributed by atoms with Gasteiger partial charge in [-0.1, -0.05) is 6.07 Å². The fourth-order valence-electron chi connectivity index (χ4n) is 2.54. The van der Waals surface area contributed by atoms with Gasteiger partial charge in [-0.3, -0.25) is 0 Å². The van der Waals surface area contributed by atoms with Crippen LogP contribution in [-0.2, 0) is 6.42 Å². The quantitative estimate of drug-likeness (QED) is 0.915. The van der Waals surface area contributed by atoms with Gasteiger partial charge >= 0.3 is 0 Å². The second-order valence-corrected chi connectivity index (χ2v) is 5.91. The Bertz CT molecular complexity index is 554. The molecule has 1 aliphatic rings. The van der Waals surface area contributed by atoms with Gasteiger partial charge in [-0.05, 0) is 36.1 Å². The van der Waals surface area contributed by atoms with E-state index >= 15 is 0 Å². The van der Waals surface area contributed by atoms with Crippen LogP contribution in [0, 0.1) is 0 Å². The number of nitrogens with one attached hydrogen (secondary N) is 1. The van der Waals surface area contributed by atoms with E-state index in [2.05, 4.69) is 28.9 Å². The maximum atomic E-state index is 5.71. The van der Waals surface area contributed by atoms with Gasteiger partial charge in [0.1, 0.15) is 11.5 Å². The van der Waals surface area contributed by atoms with E-state index in [0.29, 0.717) is 6.04 Å². The maximum absolute atomic E-state index is 5.71. The summed E-state index contributed by atoms with van der Waals surface area (Å²) in [5.41, 5.74) is 1.21. The molecule has 2 aromatic rings. The van der Waals surface area contributed by atoms with Crippen LogP contribution in [0.25, 0.3) is 0 Å². The van der Waals surface area contributed by atoms with E-state index in [1.807, 2.05) is 23.5 Å². The summed E-state index contributed by atoms with van der Waals surface area (Å²) in [6.07, 6.45) is 2.08. The smallest absolute Gasteiger partial charge is 0.124 e. The molecule has 0 fully saturated rings. The third-order valence-electron chi connectivity index (χ3n) is 3.60. The van der Waals surface area contributed by atoms with E-state index in [4.69, 9.17) is 9.47 Å². The molecule has 3 rings (SSSR count). The summed E-state index contributed by atoms with van der Waals surface area (Å²) in [6.45, 7) is 1.76. The first-order chi connectivity index (χ1) is 9.86. The van der Waals surface area contributed by atoms with Crippen LogP contribution in [0.3, 0.4) is 0 Å². The second-order valence-electron chi connectivity index (χ2n) is 4.88. The molecule has 4 heteroatoms. The van der Waals surface area contributed by atoms with Gasteiger partial charge in [-0.25, -0.2) is 0 Å². The number of thiophene rings is 1. The van der Waals surface area contributed by atoms with Gasteiger partial charge in [0, 0.05) is 29.4 Å². The highest BCUT2D eigenvalue weighted by molar-refractivity contribution is 7.09. The fraction of sp³-hybridized carbons (Fsp3) is 0.375. The monoisotopic (exact) mass is 289 g/mol. The Morgan fingerprint density at radius 3 is 3.15 bits per heavy atom. The summed E-state index contributed by atoms with van der Waals surface area (Å²) in [4.78, 5) is 1.43. The van der Waals surface area contributed by atoms with Crippen LogP contribution in [0.2, 0.25) is 0 Å². The lowest BCUT2D eigenvalue weighted by atomic mass is 10.00. The molecule has 1 aromatic heterocycles. The molecule has 3 nitrogen and oxygen atoms in total. The number of hydrogen-bond acceptors (Lipinski definition) is 4. The van der Waals surface area contributed by atoms with Crippen molar-refractivity contribution < 1.29 is 9.47 Å². The van der Waals surface area contributed by atoms with Crippen LogP contribution < -0.4 is 14.8 Å². The Morgan fingerprint density at radius 2 is 2.35 bits per heavy atom. The summed E-state index contributed by atoms with van der Waals surface area (Å²) in [5, 5.41) is 5.77. The van der Waals surface area contributed by atoms with E-state index in [1.54, 1.807) is 7.11 Å². The molecule has 1 atom stereocenters. The van der Waals surface area contributed by atoms with Crippen LogP contribution in [0.4, 0.5) is 0 Å². The van der Waals surface area contributed by atoms with Crippen LogP contribution in [0.5, 0.6) is 11.5 Å². The zero-order valence-corrected chi connectivity index (χ0v) is 12.4. The minimum absolute atomic E-state index is 0.355. The van der Waals surface area contributed by atoms with Crippen molar-refractivity contribution in [1.29, 1.82) is 0 Å². The van der Waals surface area contributed by atoms with Gasteiger partial charge in [0.15, 0.2) is 0 Å². The molecule has 0 aliphatic carbocycles. The third kappa shape index (κ3) is 2.97. The van der Waals surface area contributed by atoms with E-state index < -0.39 is 0 Å². The molecule has 0 bridgehead atoms. The molecule has 106 valence electrons. The van der Waals surface area contributed by atoms with Gasteiger partial charge < -0.3 is 14.8 Å². The number of fused-ring (bicyclic) bond motifs is 1. The number of ether oxygens (including phenoxy) is 2. The summed E-state index contributed by atoms with van der Waals surface area (Å²) >= 11 is 1.82. The molecular formula is C16H19NO2S. The lowest BCUT2D eigenvalue weighted by Gasteiger charge is -2.27. The van der Waals surface area contributed by atoms with Crippen molar-refractivity contribution in [2.75, 3.05) is 20.3 Å².